The number of rotatable bonds is 20. The van der Waals surface area contributed by atoms with Crippen molar-refractivity contribution in [3.8, 4) is 0 Å². The molecule has 0 bridgehead atoms. The maximum absolute atomic E-state index is 2.43. The zero-order chi connectivity index (χ0) is 22.6. The SMILES string of the molecule is CCCCCCCCCCCCCCCC[N+](C)(C)C(C)CCC=Cc1ccccc1. The molecule has 1 heteroatoms. The fourth-order valence-corrected chi connectivity index (χ4v) is 4.40. The van der Waals surface area contributed by atoms with E-state index >= 15 is 0 Å². The van der Waals surface area contributed by atoms with E-state index in [1.54, 1.807) is 0 Å². The molecule has 0 spiro atoms. The van der Waals surface area contributed by atoms with Crippen molar-refractivity contribution in [2.24, 2.45) is 0 Å². The normalized spacial score (nSPS) is 13.2. The predicted octanol–water partition coefficient (Wildman–Crippen LogP) is 9.43. The minimum atomic E-state index is 0.724. The third kappa shape index (κ3) is 15.4. The maximum Gasteiger partial charge on any atom is 0.0860 e. The molecule has 31 heavy (non-hydrogen) atoms. The van der Waals surface area contributed by atoms with Crippen molar-refractivity contribution < 1.29 is 4.48 Å². The quantitative estimate of drug-likeness (QED) is 0.143. The Morgan fingerprint density at radius 1 is 0.710 bits per heavy atom. The summed E-state index contributed by atoms with van der Waals surface area (Å²) >= 11 is 0. The van der Waals surface area contributed by atoms with Crippen LogP contribution in [0.4, 0.5) is 0 Å². The van der Waals surface area contributed by atoms with Gasteiger partial charge in [-0.2, -0.15) is 0 Å². The van der Waals surface area contributed by atoms with Gasteiger partial charge in [0.15, 0.2) is 0 Å². The van der Waals surface area contributed by atoms with E-state index in [2.05, 4.69) is 70.4 Å². The van der Waals surface area contributed by atoms with Crippen molar-refractivity contribution in [2.75, 3.05) is 20.6 Å². The second-order valence-corrected chi connectivity index (χ2v) is 10.3. The molecule has 0 saturated heterocycles. The molecular formula is C30H54N+. The maximum atomic E-state index is 2.43. The number of hydrogen-bond donors (Lipinski definition) is 0. The summed E-state index contributed by atoms with van der Waals surface area (Å²) in [5, 5.41) is 0. The lowest BCUT2D eigenvalue weighted by Crippen LogP contribution is -2.47. The first-order valence-electron chi connectivity index (χ1n) is 13.6. The number of quaternary nitrogens is 1. The summed E-state index contributed by atoms with van der Waals surface area (Å²) in [6, 6.07) is 11.4. The van der Waals surface area contributed by atoms with Crippen molar-refractivity contribution in [3.63, 3.8) is 0 Å². The van der Waals surface area contributed by atoms with E-state index in [1.165, 1.54) is 115 Å². The molecule has 0 N–H and O–H groups in total. The van der Waals surface area contributed by atoms with Crippen LogP contribution in [0, 0.1) is 0 Å². The molecule has 178 valence electrons. The van der Waals surface area contributed by atoms with Gasteiger partial charge in [-0.25, -0.2) is 0 Å². The van der Waals surface area contributed by atoms with Gasteiger partial charge >= 0.3 is 0 Å². The Hall–Kier alpha value is -1.08. The van der Waals surface area contributed by atoms with Gasteiger partial charge in [0, 0.05) is 6.42 Å². The lowest BCUT2D eigenvalue weighted by molar-refractivity contribution is -0.913. The number of allylic oxidation sites excluding steroid dienone is 1. The van der Waals surface area contributed by atoms with Gasteiger partial charge in [-0.05, 0) is 31.7 Å². The first-order valence-corrected chi connectivity index (χ1v) is 13.6. The van der Waals surface area contributed by atoms with E-state index in [0.29, 0.717) is 0 Å². The van der Waals surface area contributed by atoms with Gasteiger partial charge in [0.25, 0.3) is 0 Å². The third-order valence-corrected chi connectivity index (χ3v) is 7.14. The van der Waals surface area contributed by atoms with Crippen LogP contribution in [-0.4, -0.2) is 31.2 Å². The first-order chi connectivity index (χ1) is 15.1. The lowest BCUT2D eigenvalue weighted by atomic mass is 10.0. The standard InChI is InChI=1S/C30H54N/c1-5-6-7-8-9-10-11-12-13-14-15-16-17-23-28-31(3,4)29(2)24-21-22-27-30-25-19-18-20-26-30/h18-20,22,25-27,29H,5-17,21,23-24,28H2,1-4H3/q+1. The second-order valence-electron chi connectivity index (χ2n) is 10.3. The van der Waals surface area contributed by atoms with Crippen LogP contribution >= 0.6 is 0 Å². The van der Waals surface area contributed by atoms with E-state index < -0.39 is 0 Å². The summed E-state index contributed by atoms with van der Waals surface area (Å²) in [4.78, 5) is 0. The summed E-state index contributed by atoms with van der Waals surface area (Å²) < 4.78 is 1.16. The fraction of sp³-hybridized carbons (Fsp3) is 0.733. The van der Waals surface area contributed by atoms with Crippen LogP contribution in [0.2, 0.25) is 0 Å². The molecule has 0 aromatic heterocycles. The zero-order valence-electron chi connectivity index (χ0n) is 21.6. The molecule has 0 amide bonds. The van der Waals surface area contributed by atoms with Crippen LogP contribution in [0.25, 0.3) is 6.08 Å². The van der Waals surface area contributed by atoms with Crippen LogP contribution in [0.15, 0.2) is 36.4 Å². The number of hydrogen-bond acceptors (Lipinski definition) is 0. The minimum absolute atomic E-state index is 0.724. The molecule has 0 aliphatic carbocycles. The average molecular weight is 429 g/mol. The highest BCUT2D eigenvalue weighted by atomic mass is 15.3. The van der Waals surface area contributed by atoms with Crippen molar-refractivity contribution in [3.05, 3.63) is 42.0 Å². The highest BCUT2D eigenvalue weighted by Crippen LogP contribution is 2.17. The third-order valence-electron chi connectivity index (χ3n) is 7.14. The highest BCUT2D eigenvalue weighted by molar-refractivity contribution is 5.48. The van der Waals surface area contributed by atoms with Crippen molar-refractivity contribution >= 4 is 6.08 Å². The Labute approximate surface area is 195 Å². The smallest absolute Gasteiger partial charge is 0.0860 e. The second kappa shape index (κ2) is 18.5. The van der Waals surface area contributed by atoms with Gasteiger partial charge in [0.2, 0.25) is 0 Å². The van der Waals surface area contributed by atoms with Crippen molar-refractivity contribution in [1.82, 2.24) is 0 Å². The van der Waals surface area contributed by atoms with E-state index in [-0.39, 0.29) is 0 Å². The van der Waals surface area contributed by atoms with Gasteiger partial charge in [-0.1, -0.05) is 126 Å². The van der Waals surface area contributed by atoms with Crippen LogP contribution < -0.4 is 0 Å². The van der Waals surface area contributed by atoms with Crippen LogP contribution in [0.1, 0.15) is 122 Å². The van der Waals surface area contributed by atoms with Crippen LogP contribution in [0.5, 0.6) is 0 Å². The molecule has 0 aliphatic rings. The molecule has 1 nitrogen and oxygen atoms in total. The Bertz CT molecular complexity index is 531. The molecule has 0 fully saturated rings. The Morgan fingerprint density at radius 3 is 1.71 bits per heavy atom. The molecular weight excluding hydrogens is 374 g/mol. The average Bonchev–Trinajstić information content (AvgIpc) is 2.77. The topological polar surface area (TPSA) is 0 Å². The number of benzene rings is 1. The van der Waals surface area contributed by atoms with Gasteiger partial charge in [0.05, 0.1) is 26.7 Å². The minimum Gasteiger partial charge on any atom is -0.326 e. The summed E-state index contributed by atoms with van der Waals surface area (Å²) in [5.74, 6) is 0. The first kappa shape index (κ1) is 28.0. The van der Waals surface area contributed by atoms with E-state index in [9.17, 15) is 0 Å². The van der Waals surface area contributed by atoms with Crippen molar-refractivity contribution in [1.29, 1.82) is 0 Å². The summed E-state index contributed by atoms with van der Waals surface area (Å²) in [6.07, 6.45) is 27.2. The zero-order valence-corrected chi connectivity index (χ0v) is 21.6. The monoisotopic (exact) mass is 428 g/mol. The molecule has 1 unspecified atom stereocenters. The fourth-order valence-electron chi connectivity index (χ4n) is 4.40. The molecule has 1 atom stereocenters. The molecule has 0 heterocycles. The van der Waals surface area contributed by atoms with Crippen molar-refractivity contribution in [2.45, 2.75) is 123 Å². The Morgan fingerprint density at radius 2 is 1.19 bits per heavy atom. The van der Waals surface area contributed by atoms with Crippen LogP contribution in [0.3, 0.4) is 0 Å². The van der Waals surface area contributed by atoms with Gasteiger partial charge in [-0.15, -0.1) is 0 Å². The molecule has 1 aromatic rings. The Kier molecular flexibility index (Phi) is 16.7. The number of nitrogens with zero attached hydrogens (tertiary/aromatic N) is 1. The number of unbranched alkanes of at least 4 members (excludes halogenated alkanes) is 13. The highest BCUT2D eigenvalue weighted by Gasteiger charge is 2.22. The summed E-state index contributed by atoms with van der Waals surface area (Å²) in [7, 11) is 4.85. The summed E-state index contributed by atoms with van der Waals surface area (Å²) in [5.41, 5.74) is 1.31. The van der Waals surface area contributed by atoms with Gasteiger partial charge in [0.1, 0.15) is 0 Å². The van der Waals surface area contributed by atoms with Crippen LogP contribution in [-0.2, 0) is 0 Å². The van der Waals surface area contributed by atoms with Gasteiger partial charge in [-0.3, -0.25) is 0 Å². The largest absolute Gasteiger partial charge is 0.326 e. The van der Waals surface area contributed by atoms with E-state index in [4.69, 9.17) is 0 Å². The lowest BCUT2D eigenvalue weighted by Gasteiger charge is -2.36. The molecule has 0 saturated carbocycles. The molecule has 0 radical (unpaired) electrons. The molecule has 0 aliphatic heterocycles. The predicted molar refractivity (Wildman–Crippen MR) is 141 cm³/mol. The molecule has 1 rings (SSSR count). The van der Waals surface area contributed by atoms with E-state index in [0.717, 1.165) is 10.5 Å². The van der Waals surface area contributed by atoms with E-state index in [1.807, 2.05) is 0 Å². The van der Waals surface area contributed by atoms with Gasteiger partial charge < -0.3 is 4.48 Å². The molecule has 1 aromatic carbocycles. The Balaban J connectivity index is 1.96. The summed E-state index contributed by atoms with van der Waals surface area (Å²) in [6.45, 7) is 6.05.